The molecule has 3 aromatic carbocycles. The van der Waals surface area contributed by atoms with Crippen molar-refractivity contribution in [3.05, 3.63) is 110 Å². The Balaban J connectivity index is 1.52. The van der Waals surface area contributed by atoms with E-state index in [9.17, 15) is 22.8 Å². The van der Waals surface area contributed by atoms with Crippen molar-refractivity contribution in [3.63, 3.8) is 0 Å². The SMILES string of the molecule is Cc1cc(C(/C=C/c2ccc(CN3C(=O)c4ccccc4C3=O)cc2)C(F)(F)F)cc(Cl)c1Cl. The summed E-state index contributed by atoms with van der Waals surface area (Å²) < 4.78 is 41.3. The van der Waals surface area contributed by atoms with Crippen molar-refractivity contribution >= 4 is 41.1 Å². The quantitative estimate of drug-likeness (QED) is 0.339. The minimum absolute atomic E-state index is 0.00195. The molecule has 0 aromatic heterocycles. The predicted molar refractivity (Wildman–Crippen MR) is 126 cm³/mol. The van der Waals surface area contributed by atoms with E-state index < -0.39 is 12.1 Å². The van der Waals surface area contributed by atoms with Gasteiger partial charge >= 0.3 is 6.18 Å². The minimum atomic E-state index is -4.52. The molecular formula is C26H18Cl2F3NO2. The molecule has 3 aromatic rings. The summed E-state index contributed by atoms with van der Waals surface area (Å²) in [6.07, 6.45) is -2.08. The number of imide groups is 1. The number of nitrogens with zero attached hydrogens (tertiary/aromatic N) is 1. The zero-order chi connectivity index (χ0) is 24.6. The van der Waals surface area contributed by atoms with Crippen LogP contribution in [0.5, 0.6) is 0 Å². The van der Waals surface area contributed by atoms with Gasteiger partial charge in [0.2, 0.25) is 0 Å². The number of hydrogen-bond acceptors (Lipinski definition) is 2. The van der Waals surface area contributed by atoms with E-state index in [1.807, 2.05) is 0 Å². The monoisotopic (exact) mass is 503 g/mol. The van der Waals surface area contributed by atoms with Crippen LogP contribution >= 0.6 is 23.2 Å². The Morgan fingerprint density at radius 1 is 0.941 bits per heavy atom. The maximum absolute atomic E-state index is 13.8. The van der Waals surface area contributed by atoms with Gasteiger partial charge < -0.3 is 0 Å². The first-order valence-electron chi connectivity index (χ1n) is 10.3. The van der Waals surface area contributed by atoms with Gasteiger partial charge in [0.05, 0.1) is 33.6 Å². The summed E-state index contributed by atoms with van der Waals surface area (Å²) in [5.41, 5.74) is 2.41. The van der Waals surface area contributed by atoms with Gasteiger partial charge in [0, 0.05) is 0 Å². The van der Waals surface area contributed by atoms with Crippen LogP contribution in [0.1, 0.15) is 48.9 Å². The standard InChI is InChI=1S/C26H18Cl2F3NO2/c1-15-12-18(13-22(27)23(15)28)21(26(29,30)31)11-10-16-6-8-17(9-7-16)14-32-24(33)19-4-2-3-5-20(19)25(32)34/h2-13,21H,14H2,1H3/b11-10+. The smallest absolute Gasteiger partial charge is 0.270 e. The Kier molecular flexibility index (Phi) is 6.56. The Hall–Kier alpha value is -3.09. The van der Waals surface area contributed by atoms with Crippen molar-refractivity contribution in [2.45, 2.75) is 25.6 Å². The number of fused-ring (bicyclic) bond motifs is 1. The largest absolute Gasteiger partial charge is 0.399 e. The van der Waals surface area contributed by atoms with Gasteiger partial charge in [-0.15, -0.1) is 0 Å². The van der Waals surface area contributed by atoms with Crippen LogP contribution in [0.25, 0.3) is 6.08 Å². The van der Waals surface area contributed by atoms with Crippen LogP contribution < -0.4 is 0 Å². The van der Waals surface area contributed by atoms with Gasteiger partial charge in [-0.05, 0) is 47.4 Å². The molecule has 0 aliphatic carbocycles. The van der Waals surface area contributed by atoms with Gasteiger partial charge in [-0.2, -0.15) is 13.2 Å². The molecule has 4 rings (SSSR count). The summed E-state index contributed by atoms with van der Waals surface area (Å²) in [5.74, 6) is -2.59. The van der Waals surface area contributed by atoms with Crippen LogP contribution in [0.2, 0.25) is 10.0 Å². The van der Waals surface area contributed by atoms with Crippen LogP contribution in [-0.2, 0) is 6.54 Å². The van der Waals surface area contributed by atoms with E-state index in [1.54, 1.807) is 55.5 Å². The molecule has 0 fully saturated rings. The van der Waals surface area contributed by atoms with Crippen molar-refractivity contribution in [3.8, 4) is 0 Å². The molecule has 2 amide bonds. The second-order valence-corrected chi connectivity index (χ2v) is 8.78. The number of carbonyl (C=O) groups is 2. The van der Waals surface area contributed by atoms with Gasteiger partial charge in [-0.1, -0.05) is 77.8 Å². The van der Waals surface area contributed by atoms with Crippen LogP contribution in [-0.4, -0.2) is 22.9 Å². The zero-order valence-corrected chi connectivity index (χ0v) is 19.4. The summed E-state index contributed by atoms with van der Waals surface area (Å²) in [6, 6.07) is 15.8. The predicted octanol–water partition coefficient (Wildman–Crippen LogP) is 7.46. The number of hydrogen-bond donors (Lipinski definition) is 0. The summed E-state index contributed by atoms with van der Waals surface area (Å²) in [6.45, 7) is 1.67. The second kappa shape index (κ2) is 9.28. The molecular weight excluding hydrogens is 486 g/mol. The van der Waals surface area contributed by atoms with E-state index in [-0.39, 0.29) is 34.0 Å². The topological polar surface area (TPSA) is 37.4 Å². The summed E-state index contributed by atoms with van der Waals surface area (Å²) >= 11 is 12.0. The van der Waals surface area contributed by atoms with Crippen LogP contribution in [0.3, 0.4) is 0 Å². The van der Waals surface area contributed by atoms with E-state index in [2.05, 4.69) is 0 Å². The molecule has 0 saturated carbocycles. The fourth-order valence-electron chi connectivity index (χ4n) is 3.85. The Labute approximate surface area is 204 Å². The highest BCUT2D eigenvalue weighted by Crippen LogP contribution is 2.39. The average molecular weight is 504 g/mol. The first kappa shape index (κ1) is 24.0. The number of amides is 2. The van der Waals surface area contributed by atoms with Gasteiger partial charge in [0.1, 0.15) is 0 Å². The van der Waals surface area contributed by atoms with E-state index in [0.29, 0.717) is 27.8 Å². The van der Waals surface area contributed by atoms with Crippen molar-refractivity contribution in [2.75, 3.05) is 0 Å². The van der Waals surface area contributed by atoms with Crippen molar-refractivity contribution in [1.82, 2.24) is 4.90 Å². The van der Waals surface area contributed by atoms with E-state index in [4.69, 9.17) is 23.2 Å². The molecule has 0 saturated heterocycles. The lowest BCUT2D eigenvalue weighted by atomic mass is 9.95. The Morgan fingerprint density at radius 3 is 2.06 bits per heavy atom. The first-order valence-corrected chi connectivity index (χ1v) is 11.1. The number of aryl methyl sites for hydroxylation is 1. The second-order valence-electron chi connectivity index (χ2n) is 8.00. The maximum Gasteiger partial charge on any atom is 0.399 e. The highest BCUT2D eigenvalue weighted by molar-refractivity contribution is 6.42. The number of carbonyl (C=O) groups excluding carboxylic acids is 2. The molecule has 3 nitrogen and oxygen atoms in total. The number of alkyl halides is 3. The summed E-state index contributed by atoms with van der Waals surface area (Å²) in [5, 5.41) is 0.292. The molecule has 0 N–H and O–H groups in total. The van der Waals surface area contributed by atoms with Crippen molar-refractivity contribution in [1.29, 1.82) is 0 Å². The zero-order valence-electron chi connectivity index (χ0n) is 17.9. The minimum Gasteiger partial charge on any atom is -0.270 e. The van der Waals surface area contributed by atoms with E-state index >= 15 is 0 Å². The third kappa shape index (κ3) is 4.74. The third-order valence-corrected chi connectivity index (χ3v) is 6.52. The molecule has 8 heteroatoms. The number of benzene rings is 3. The van der Waals surface area contributed by atoms with Crippen LogP contribution in [0.15, 0.2) is 66.7 Å². The molecule has 1 aliphatic rings. The van der Waals surface area contributed by atoms with Gasteiger partial charge in [0.15, 0.2) is 0 Å². The molecule has 1 atom stereocenters. The number of rotatable bonds is 5. The van der Waals surface area contributed by atoms with Gasteiger partial charge in [-0.25, -0.2) is 0 Å². The molecule has 34 heavy (non-hydrogen) atoms. The lowest BCUT2D eigenvalue weighted by Gasteiger charge is -2.19. The van der Waals surface area contributed by atoms with Crippen LogP contribution in [0, 0.1) is 6.92 Å². The average Bonchev–Trinajstić information content (AvgIpc) is 3.03. The van der Waals surface area contributed by atoms with Crippen molar-refractivity contribution < 1.29 is 22.8 Å². The van der Waals surface area contributed by atoms with Gasteiger partial charge in [0.25, 0.3) is 11.8 Å². The number of halogens is 5. The Bertz CT molecular complexity index is 1240. The fourth-order valence-corrected chi connectivity index (χ4v) is 4.23. The molecule has 174 valence electrons. The maximum atomic E-state index is 13.8. The highest BCUT2D eigenvalue weighted by Gasteiger charge is 2.39. The highest BCUT2D eigenvalue weighted by atomic mass is 35.5. The lowest BCUT2D eigenvalue weighted by Crippen LogP contribution is -2.29. The molecule has 0 radical (unpaired) electrons. The van der Waals surface area contributed by atoms with E-state index in [1.165, 1.54) is 18.2 Å². The summed E-state index contributed by atoms with van der Waals surface area (Å²) in [7, 11) is 0. The Morgan fingerprint density at radius 2 is 1.53 bits per heavy atom. The first-order chi connectivity index (χ1) is 16.1. The molecule has 1 unspecified atom stereocenters. The fraction of sp³-hybridized carbons (Fsp3) is 0.154. The van der Waals surface area contributed by atoms with Gasteiger partial charge in [-0.3, -0.25) is 14.5 Å². The molecule has 0 bridgehead atoms. The summed E-state index contributed by atoms with van der Waals surface area (Å²) in [4.78, 5) is 26.2. The lowest BCUT2D eigenvalue weighted by molar-refractivity contribution is -0.139. The van der Waals surface area contributed by atoms with E-state index in [0.717, 1.165) is 11.0 Å². The third-order valence-electron chi connectivity index (χ3n) is 5.62. The molecule has 1 aliphatic heterocycles. The molecule has 1 heterocycles. The molecule has 0 spiro atoms. The van der Waals surface area contributed by atoms with Crippen molar-refractivity contribution in [2.24, 2.45) is 0 Å². The van der Waals surface area contributed by atoms with Crippen LogP contribution in [0.4, 0.5) is 13.2 Å². The number of allylic oxidation sites excluding steroid dienone is 1. The normalized spacial score (nSPS) is 14.7.